The van der Waals surface area contributed by atoms with E-state index in [2.05, 4.69) is 215 Å². The molecule has 0 atom stereocenters. The monoisotopic (exact) mass is 742 g/mol. The zero-order valence-electron chi connectivity index (χ0n) is 30.9. The SMILES string of the molecule is c1ccc(-c2ccccc2-c2ccc(-n3c4ccccc4c4c(-c5cccc6c7ccccc7n(-c7ccccc7)c56)cccc43)c3sc4ccccc4c23)cc1. The summed E-state index contributed by atoms with van der Waals surface area (Å²) >= 11 is 1.89. The number of para-hydroxylation sites is 4. The van der Waals surface area contributed by atoms with Crippen LogP contribution in [0.3, 0.4) is 0 Å². The Bertz CT molecular complexity index is 3510. The predicted octanol–water partition coefficient (Wildman–Crippen LogP) is 15.2. The lowest BCUT2D eigenvalue weighted by Crippen LogP contribution is -1.96. The van der Waals surface area contributed by atoms with Crippen LogP contribution in [0.1, 0.15) is 0 Å². The number of rotatable bonds is 5. The fraction of sp³-hybridized carbons (Fsp3) is 0. The minimum atomic E-state index is 1.16. The molecule has 3 aromatic heterocycles. The summed E-state index contributed by atoms with van der Waals surface area (Å²) in [5, 5.41) is 7.61. The van der Waals surface area contributed by atoms with Crippen molar-refractivity contribution in [2.24, 2.45) is 0 Å². The molecule has 0 radical (unpaired) electrons. The first-order chi connectivity index (χ1) is 28.3. The second kappa shape index (κ2) is 12.7. The molecule has 0 saturated carbocycles. The molecule has 12 rings (SSSR count). The molecule has 0 aliphatic rings. The quantitative estimate of drug-likeness (QED) is 0.166. The van der Waals surface area contributed by atoms with E-state index in [0.29, 0.717) is 0 Å². The highest BCUT2D eigenvalue weighted by Crippen LogP contribution is 2.48. The third-order valence-electron chi connectivity index (χ3n) is 11.7. The smallest absolute Gasteiger partial charge is 0.0641 e. The fourth-order valence-corrected chi connectivity index (χ4v) is 10.6. The largest absolute Gasteiger partial charge is 0.309 e. The zero-order chi connectivity index (χ0) is 37.5. The van der Waals surface area contributed by atoms with E-state index in [0.717, 1.165) is 5.69 Å². The summed E-state index contributed by atoms with van der Waals surface area (Å²) in [6.45, 7) is 0. The number of nitrogens with zero attached hydrogens (tertiary/aromatic N) is 2. The van der Waals surface area contributed by atoms with Crippen molar-refractivity contribution in [1.82, 2.24) is 9.13 Å². The van der Waals surface area contributed by atoms with Gasteiger partial charge in [-0.05, 0) is 70.3 Å². The minimum Gasteiger partial charge on any atom is -0.309 e. The molecule has 0 spiro atoms. The fourth-order valence-electron chi connectivity index (χ4n) is 9.39. The minimum absolute atomic E-state index is 1.16. The van der Waals surface area contributed by atoms with Crippen LogP contribution in [0.2, 0.25) is 0 Å². The summed E-state index contributed by atoms with van der Waals surface area (Å²) in [5.74, 6) is 0. The molecule has 0 fully saturated rings. The maximum absolute atomic E-state index is 2.52. The average Bonchev–Trinajstić information content (AvgIpc) is 3.95. The van der Waals surface area contributed by atoms with Gasteiger partial charge in [-0.15, -0.1) is 11.3 Å². The Morgan fingerprint density at radius 3 is 1.70 bits per heavy atom. The van der Waals surface area contributed by atoms with Gasteiger partial charge in [0.25, 0.3) is 0 Å². The molecule has 0 aliphatic carbocycles. The van der Waals surface area contributed by atoms with Gasteiger partial charge in [-0.1, -0.05) is 164 Å². The van der Waals surface area contributed by atoms with Gasteiger partial charge in [0, 0.05) is 48.3 Å². The van der Waals surface area contributed by atoms with Gasteiger partial charge in [-0.3, -0.25) is 0 Å². The highest BCUT2D eigenvalue weighted by atomic mass is 32.1. The normalized spacial score (nSPS) is 11.9. The average molecular weight is 743 g/mol. The molecule has 266 valence electrons. The molecular weight excluding hydrogens is 709 g/mol. The Kier molecular flexibility index (Phi) is 7.13. The van der Waals surface area contributed by atoms with Crippen molar-refractivity contribution in [3.05, 3.63) is 206 Å². The first-order valence-corrected chi connectivity index (χ1v) is 20.3. The van der Waals surface area contributed by atoms with Crippen LogP contribution in [0.4, 0.5) is 0 Å². The van der Waals surface area contributed by atoms with Crippen molar-refractivity contribution in [1.29, 1.82) is 0 Å². The molecule has 0 bridgehead atoms. The maximum atomic E-state index is 2.52. The molecule has 57 heavy (non-hydrogen) atoms. The number of thiophene rings is 1. The van der Waals surface area contributed by atoms with Crippen LogP contribution in [-0.2, 0) is 0 Å². The standard InChI is InChI=1S/C54H34N2S/c1-3-17-35(18-4-1)37-21-7-8-22-38(37)41-33-34-49(54-52(41)45-25-11-14-32-50(45)57-54)56-47-30-13-10-24-44(47)51-40(26-16-31-48(51)56)43-28-15-27-42-39-23-9-12-29-46(39)55(53(42)43)36-19-5-2-6-20-36/h1-34H. The molecule has 0 saturated heterocycles. The van der Waals surface area contributed by atoms with E-state index in [-0.39, 0.29) is 0 Å². The van der Waals surface area contributed by atoms with Gasteiger partial charge in [0.2, 0.25) is 0 Å². The van der Waals surface area contributed by atoms with E-state index in [1.54, 1.807) is 0 Å². The van der Waals surface area contributed by atoms with E-state index in [9.17, 15) is 0 Å². The summed E-state index contributed by atoms with van der Waals surface area (Å²) in [4.78, 5) is 0. The topological polar surface area (TPSA) is 9.86 Å². The van der Waals surface area contributed by atoms with Crippen molar-refractivity contribution in [2.75, 3.05) is 0 Å². The second-order valence-corrected chi connectivity index (χ2v) is 15.8. The van der Waals surface area contributed by atoms with E-state index < -0.39 is 0 Å². The number of aromatic nitrogens is 2. The first-order valence-electron chi connectivity index (χ1n) is 19.5. The van der Waals surface area contributed by atoms with Crippen molar-refractivity contribution < 1.29 is 0 Å². The first kappa shape index (κ1) is 32.1. The molecule has 0 amide bonds. The van der Waals surface area contributed by atoms with Crippen molar-refractivity contribution in [2.45, 2.75) is 0 Å². The van der Waals surface area contributed by atoms with Crippen LogP contribution < -0.4 is 0 Å². The van der Waals surface area contributed by atoms with Gasteiger partial charge in [-0.2, -0.15) is 0 Å². The van der Waals surface area contributed by atoms with Crippen LogP contribution in [0.25, 0.3) is 109 Å². The Hall–Kier alpha value is -7.20. The summed E-state index contributed by atoms with van der Waals surface area (Å²) in [7, 11) is 0. The molecule has 2 nitrogen and oxygen atoms in total. The van der Waals surface area contributed by atoms with Gasteiger partial charge in [0.05, 0.1) is 32.5 Å². The van der Waals surface area contributed by atoms with Crippen LogP contribution in [-0.4, -0.2) is 9.13 Å². The van der Waals surface area contributed by atoms with Gasteiger partial charge < -0.3 is 9.13 Å². The van der Waals surface area contributed by atoms with Crippen molar-refractivity contribution in [3.63, 3.8) is 0 Å². The maximum Gasteiger partial charge on any atom is 0.0641 e. The highest BCUT2D eigenvalue weighted by Gasteiger charge is 2.23. The molecule has 0 N–H and O–H groups in total. The predicted molar refractivity (Wildman–Crippen MR) is 244 cm³/mol. The second-order valence-electron chi connectivity index (χ2n) is 14.8. The third-order valence-corrected chi connectivity index (χ3v) is 12.9. The lowest BCUT2D eigenvalue weighted by molar-refractivity contribution is 1.18. The summed E-state index contributed by atoms with van der Waals surface area (Å²) in [6, 6.07) is 75.5. The summed E-state index contributed by atoms with van der Waals surface area (Å²) in [5.41, 5.74) is 14.6. The van der Waals surface area contributed by atoms with Gasteiger partial charge >= 0.3 is 0 Å². The Morgan fingerprint density at radius 2 is 0.877 bits per heavy atom. The third kappa shape index (κ3) is 4.76. The van der Waals surface area contributed by atoms with Gasteiger partial charge in [0.1, 0.15) is 0 Å². The van der Waals surface area contributed by atoms with E-state index in [1.165, 1.54) is 103 Å². The molecule has 3 heteroatoms. The van der Waals surface area contributed by atoms with E-state index >= 15 is 0 Å². The lowest BCUT2D eigenvalue weighted by atomic mass is 9.91. The van der Waals surface area contributed by atoms with Gasteiger partial charge in [-0.25, -0.2) is 0 Å². The van der Waals surface area contributed by atoms with Crippen LogP contribution in [0.5, 0.6) is 0 Å². The van der Waals surface area contributed by atoms with Crippen LogP contribution >= 0.6 is 11.3 Å². The van der Waals surface area contributed by atoms with E-state index in [1.807, 2.05) is 11.3 Å². The lowest BCUT2D eigenvalue weighted by Gasteiger charge is -2.15. The Labute approximate surface area is 333 Å². The van der Waals surface area contributed by atoms with Crippen LogP contribution in [0.15, 0.2) is 206 Å². The Balaban J connectivity index is 1.17. The van der Waals surface area contributed by atoms with Crippen molar-refractivity contribution >= 4 is 75.1 Å². The molecule has 3 heterocycles. The molecule has 0 aliphatic heterocycles. The molecule has 0 unspecified atom stereocenters. The number of hydrogen-bond donors (Lipinski definition) is 0. The molecule has 9 aromatic carbocycles. The van der Waals surface area contributed by atoms with Crippen LogP contribution in [0, 0.1) is 0 Å². The van der Waals surface area contributed by atoms with Crippen molar-refractivity contribution in [3.8, 4) is 44.8 Å². The highest BCUT2D eigenvalue weighted by molar-refractivity contribution is 7.26. The summed E-state index contributed by atoms with van der Waals surface area (Å²) < 4.78 is 7.55. The number of hydrogen-bond acceptors (Lipinski definition) is 1. The van der Waals surface area contributed by atoms with E-state index in [4.69, 9.17) is 0 Å². The zero-order valence-corrected chi connectivity index (χ0v) is 31.7. The molecule has 12 aromatic rings. The molecular formula is C54H34N2S. The van der Waals surface area contributed by atoms with Gasteiger partial charge in [0.15, 0.2) is 0 Å². The Morgan fingerprint density at radius 1 is 0.316 bits per heavy atom. The number of fused-ring (bicyclic) bond motifs is 9. The summed E-state index contributed by atoms with van der Waals surface area (Å²) in [6.07, 6.45) is 0. The number of benzene rings is 9.